The second kappa shape index (κ2) is 8.45. The van der Waals surface area contributed by atoms with Crippen LogP contribution in [0.4, 0.5) is 5.69 Å². The van der Waals surface area contributed by atoms with Gasteiger partial charge in [-0.2, -0.15) is 0 Å². The topological polar surface area (TPSA) is 84.3 Å². The number of fused-ring (bicyclic) bond motifs is 8. The van der Waals surface area contributed by atoms with Gasteiger partial charge in [0, 0.05) is 11.6 Å². The Balaban J connectivity index is 1.49. The van der Waals surface area contributed by atoms with E-state index in [4.69, 9.17) is 4.98 Å². The molecule has 1 spiro atoms. The zero-order valence-electron chi connectivity index (χ0n) is 22.2. The van der Waals surface area contributed by atoms with E-state index in [-0.39, 0.29) is 23.4 Å². The van der Waals surface area contributed by atoms with Crippen LogP contribution in [-0.2, 0) is 21.5 Å². The maximum absolute atomic E-state index is 14.5. The van der Waals surface area contributed by atoms with Crippen molar-refractivity contribution < 1.29 is 9.59 Å². The Morgan fingerprint density at radius 2 is 1.64 bits per heavy atom. The first-order valence-corrected chi connectivity index (χ1v) is 13.7. The molecule has 196 valence electrons. The first kappa shape index (κ1) is 24.0. The highest BCUT2D eigenvalue weighted by atomic mass is 16.2. The molecule has 7 rings (SSSR count). The second-order valence-corrected chi connectivity index (χ2v) is 11.3. The van der Waals surface area contributed by atoms with Gasteiger partial charge in [0.05, 0.1) is 34.1 Å². The normalized spacial score (nSPS) is 25.1. The van der Waals surface area contributed by atoms with Crippen LogP contribution in [0.5, 0.6) is 0 Å². The predicted octanol–water partition coefficient (Wildman–Crippen LogP) is 4.33. The van der Waals surface area contributed by atoms with E-state index < -0.39 is 17.4 Å². The van der Waals surface area contributed by atoms with Gasteiger partial charge in [-0.25, -0.2) is 9.88 Å². The molecule has 39 heavy (non-hydrogen) atoms. The van der Waals surface area contributed by atoms with Crippen molar-refractivity contribution in [3.8, 4) is 5.69 Å². The molecule has 4 atom stereocenters. The molecular weight excluding hydrogens is 488 g/mol. The van der Waals surface area contributed by atoms with Gasteiger partial charge in [-0.3, -0.25) is 24.3 Å². The number of imide groups is 1. The van der Waals surface area contributed by atoms with Gasteiger partial charge in [-0.15, -0.1) is 0 Å². The van der Waals surface area contributed by atoms with Gasteiger partial charge in [-0.1, -0.05) is 63.2 Å². The molecule has 3 aliphatic rings. The maximum atomic E-state index is 14.5. The molecule has 2 amide bonds. The van der Waals surface area contributed by atoms with Crippen molar-refractivity contribution in [2.75, 3.05) is 4.90 Å². The largest absolute Gasteiger partial charge is 0.297 e. The molecule has 1 N–H and O–H groups in total. The molecule has 3 aliphatic heterocycles. The van der Waals surface area contributed by atoms with Gasteiger partial charge >= 0.3 is 0 Å². The van der Waals surface area contributed by atoms with Crippen molar-refractivity contribution in [1.82, 2.24) is 14.9 Å². The van der Waals surface area contributed by atoms with Crippen molar-refractivity contribution in [3.63, 3.8) is 0 Å². The third-order valence-electron chi connectivity index (χ3n) is 8.69. The van der Waals surface area contributed by atoms with E-state index in [1.165, 1.54) is 4.90 Å². The van der Waals surface area contributed by atoms with E-state index in [0.717, 1.165) is 17.5 Å². The van der Waals surface area contributed by atoms with Crippen molar-refractivity contribution in [2.45, 2.75) is 45.2 Å². The Morgan fingerprint density at radius 1 is 0.923 bits per heavy atom. The smallest absolute Gasteiger partial charge is 0.266 e. The minimum Gasteiger partial charge on any atom is -0.297 e. The zero-order chi connectivity index (χ0) is 27.1. The highest BCUT2D eigenvalue weighted by Crippen LogP contribution is 2.56. The highest BCUT2D eigenvalue weighted by Gasteiger charge is 2.69. The molecule has 2 saturated heterocycles. The van der Waals surface area contributed by atoms with Crippen LogP contribution in [0.15, 0.2) is 77.6 Å². The summed E-state index contributed by atoms with van der Waals surface area (Å²) >= 11 is 0. The standard InChI is InChI=1S/C32H30N4O3/c1-4-19-13-15-20(16-14-19)35-29(38)26-24(17-18(2)3)34-32(27(26)30(35)39)22-10-6-8-12-25(22)36-28(37)21-9-5-7-11-23(21)33-31(32)36/h5-16,18,24,26-27,34H,4,17H2,1-3H3/t24-,26-,27-,32-/m1/s1. The molecule has 0 bridgehead atoms. The lowest BCUT2D eigenvalue weighted by Gasteiger charge is -2.32. The van der Waals surface area contributed by atoms with Crippen molar-refractivity contribution in [1.29, 1.82) is 0 Å². The van der Waals surface area contributed by atoms with Crippen LogP contribution in [-0.4, -0.2) is 27.4 Å². The summed E-state index contributed by atoms with van der Waals surface area (Å²) in [6.45, 7) is 6.32. The number of amides is 2. The summed E-state index contributed by atoms with van der Waals surface area (Å²) in [7, 11) is 0. The fraction of sp³-hybridized carbons (Fsp3) is 0.312. The van der Waals surface area contributed by atoms with Crippen molar-refractivity contribution in [2.24, 2.45) is 17.8 Å². The number of carbonyl (C=O) groups is 2. The van der Waals surface area contributed by atoms with Crippen LogP contribution in [0.25, 0.3) is 16.6 Å². The molecular formula is C32H30N4O3. The molecule has 4 aromatic rings. The lowest BCUT2D eigenvalue weighted by atomic mass is 9.75. The summed E-state index contributed by atoms with van der Waals surface area (Å²) in [5, 5.41) is 4.29. The van der Waals surface area contributed by atoms with Gasteiger partial charge in [0.25, 0.3) is 5.56 Å². The number of anilines is 1. The number of hydrogen-bond donors (Lipinski definition) is 1. The number of carbonyl (C=O) groups excluding carboxylic acids is 2. The molecule has 7 nitrogen and oxygen atoms in total. The number of benzene rings is 3. The van der Waals surface area contributed by atoms with E-state index in [1.807, 2.05) is 66.7 Å². The highest BCUT2D eigenvalue weighted by molar-refractivity contribution is 6.23. The van der Waals surface area contributed by atoms with Crippen LogP contribution in [0.3, 0.4) is 0 Å². The van der Waals surface area contributed by atoms with Crippen LogP contribution < -0.4 is 15.8 Å². The van der Waals surface area contributed by atoms with E-state index in [2.05, 4.69) is 26.1 Å². The van der Waals surface area contributed by atoms with Gasteiger partial charge in [0.15, 0.2) is 0 Å². The second-order valence-electron chi connectivity index (χ2n) is 11.3. The fourth-order valence-corrected chi connectivity index (χ4v) is 7.06. The maximum Gasteiger partial charge on any atom is 0.266 e. The Kier molecular flexibility index (Phi) is 5.19. The van der Waals surface area contributed by atoms with Gasteiger partial charge < -0.3 is 0 Å². The summed E-state index contributed by atoms with van der Waals surface area (Å²) in [4.78, 5) is 48.9. The monoisotopic (exact) mass is 518 g/mol. The Labute approximate surface area is 226 Å². The van der Waals surface area contributed by atoms with Crippen molar-refractivity contribution >= 4 is 28.4 Å². The van der Waals surface area contributed by atoms with Crippen LogP contribution in [0.2, 0.25) is 0 Å². The lowest BCUT2D eigenvalue weighted by Crippen LogP contribution is -2.50. The number of aryl methyl sites for hydroxylation is 1. The number of para-hydroxylation sites is 2. The molecule has 4 heterocycles. The van der Waals surface area contributed by atoms with Crippen LogP contribution >= 0.6 is 0 Å². The van der Waals surface area contributed by atoms with Gasteiger partial charge in [-0.05, 0) is 54.7 Å². The average molecular weight is 519 g/mol. The van der Waals surface area contributed by atoms with Gasteiger partial charge in [0.1, 0.15) is 11.4 Å². The first-order valence-electron chi connectivity index (χ1n) is 13.7. The summed E-state index contributed by atoms with van der Waals surface area (Å²) in [5.74, 6) is -0.973. The third-order valence-corrected chi connectivity index (χ3v) is 8.69. The minimum atomic E-state index is -1.10. The number of nitrogens with one attached hydrogen (secondary N) is 1. The Hall–Kier alpha value is -4.10. The number of nitrogens with zero attached hydrogens (tertiary/aromatic N) is 3. The molecule has 1 aromatic heterocycles. The first-order chi connectivity index (χ1) is 18.9. The molecule has 7 heteroatoms. The average Bonchev–Trinajstić information content (AvgIpc) is 3.51. The molecule has 0 unspecified atom stereocenters. The lowest BCUT2D eigenvalue weighted by molar-refractivity contribution is -0.123. The fourth-order valence-electron chi connectivity index (χ4n) is 7.06. The minimum absolute atomic E-state index is 0.172. The number of hydrogen-bond acceptors (Lipinski definition) is 5. The molecule has 0 aliphatic carbocycles. The Bertz CT molecular complexity index is 1720. The van der Waals surface area contributed by atoms with Crippen LogP contribution in [0.1, 0.15) is 44.1 Å². The van der Waals surface area contributed by atoms with E-state index in [1.54, 1.807) is 10.6 Å². The predicted molar refractivity (Wildman–Crippen MR) is 150 cm³/mol. The molecule has 3 aromatic carbocycles. The number of rotatable bonds is 4. The van der Waals surface area contributed by atoms with E-state index >= 15 is 0 Å². The Morgan fingerprint density at radius 3 is 2.38 bits per heavy atom. The zero-order valence-corrected chi connectivity index (χ0v) is 22.2. The van der Waals surface area contributed by atoms with Gasteiger partial charge in [0.2, 0.25) is 11.8 Å². The van der Waals surface area contributed by atoms with Crippen LogP contribution in [0, 0.1) is 17.8 Å². The number of aromatic nitrogens is 2. The molecule has 2 fully saturated rings. The summed E-state index contributed by atoms with van der Waals surface area (Å²) < 4.78 is 1.65. The van der Waals surface area contributed by atoms with Crippen molar-refractivity contribution in [3.05, 3.63) is 100 Å². The third kappa shape index (κ3) is 3.13. The van der Waals surface area contributed by atoms with E-state index in [9.17, 15) is 14.4 Å². The summed E-state index contributed by atoms with van der Waals surface area (Å²) in [6.07, 6.45) is 1.59. The molecule has 0 radical (unpaired) electrons. The van der Waals surface area contributed by atoms with E-state index in [0.29, 0.717) is 40.4 Å². The SMILES string of the molecule is CCc1ccc(N2C(=O)[C@@H]3[C@@H](CC(C)C)N[C@]4(c5ccccc5-n5c4nc4ccccc4c5=O)[C@H]3C2=O)cc1. The summed E-state index contributed by atoms with van der Waals surface area (Å²) in [6, 6.07) is 22.4. The molecule has 0 saturated carbocycles. The quantitative estimate of drug-likeness (QED) is 0.407. The summed E-state index contributed by atoms with van der Waals surface area (Å²) in [5.41, 5.74) is 2.56.